The van der Waals surface area contributed by atoms with Crippen molar-refractivity contribution in [3.63, 3.8) is 0 Å². The second-order valence-corrected chi connectivity index (χ2v) is 0.747. The topological polar surface area (TPSA) is 37.3 Å². The Morgan fingerprint density at radius 3 is 2.00 bits per heavy atom. The predicted molar refractivity (Wildman–Crippen MR) is 27.9 cm³/mol. The zero-order valence-corrected chi connectivity index (χ0v) is 6.74. The molecule has 0 rings (SSSR count). The molecule has 0 aliphatic carbocycles. The molecule has 0 amide bonds. The fourth-order valence-corrected chi connectivity index (χ4v) is 0. The molecular weight excluding hydrogens is 143 g/mol. The summed E-state index contributed by atoms with van der Waals surface area (Å²) in [5.74, 6) is -0.745. The van der Waals surface area contributed by atoms with E-state index in [-0.39, 0.29) is 24.4 Å². The summed E-state index contributed by atoms with van der Waals surface area (Å²) in [6.45, 7) is 1.60. The van der Waals surface area contributed by atoms with E-state index in [1.54, 1.807) is 6.92 Å². The Morgan fingerprint density at radius 2 is 2.00 bits per heavy atom. The van der Waals surface area contributed by atoms with Crippen LogP contribution < -0.4 is 0 Å². The van der Waals surface area contributed by atoms with Crippen LogP contribution in [0.1, 0.15) is 13.3 Å². The molecule has 0 bridgehead atoms. The second kappa shape index (κ2) is 5.03. The number of aliphatic carboxylic acids is 1. The van der Waals surface area contributed by atoms with Gasteiger partial charge in [0.2, 0.25) is 0 Å². The third-order valence-corrected chi connectivity index (χ3v) is 0.302. The van der Waals surface area contributed by atoms with Gasteiger partial charge in [-0.25, -0.2) is 0 Å². The first-order chi connectivity index (χ1) is 2.27. The van der Waals surface area contributed by atoms with Crippen LogP contribution in [0, 0.1) is 0 Å². The van der Waals surface area contributed by atoms with Gasteiger partial charge in [0.15, 0.2) is 0 Å². The van der Waals surface area contributed by atoms with Crippen molar-refractivity contribution in [2.75, 3.05) is 0 Å². The third kappa shape index (κ3) is 8.98. The maximum atomic E-state index is 9.37. The van der Waals surface area contributed by atoms with Gasteiger partial charge in [-0.05, 0) is 0 Å². The van der Waals surface area contributed by atoms with Gasteiger partial charge in [0.25, 0.3) is 0 Å². The fraction of sp³-hybridized carbons (Fsp3) is 0.667. The molecule has 0 aromatic carbocycles. The Bertz CT molecular complexity index is 44.1. The first-order valence-electron chi connectivity index (χ1n) is 1.49. The van der Waals surface area contributed by atoms with Crippen LogP contribution in [0.5, 0.6) is 0 Å². The van der Waals surface area contributed by atoms with Gasteiger partial charge >= 0.3 is 23.9 Å². The van der Waals surface area contributed by atoms with Gasteiger partial charge in [-0.2, -0.15) is 0 Å². The van der Waals surface area contributed by atoms with Crippen LogP contribution in [-0.4, -0.2) is 29.0 Å². The summed E-state index contributed by atoms with van der Waals surface area (Å²) < 4.78 is 0. The van der Waals surface area contributed by atoms with Crippen molar-refractivity contribution in [2.24, 2.45) is 0 Å². The number of rotatable bonds is 1. The Hall–Kier alpha value is 0.0284. The fourth-order valence-electron chi connectivity index (χ4n) is 0. The summed E-state index contributed by atoms with van der Waals surface area (Å²) in [7, 11) is 0. The van der Waals surface area contributed by atoms with Gasteiger partial charge < -0.3 is 5.11 Å². The number of carboxylic acids is 1. The van der Waals surface area contributed by atoms with Crippen LogP contribution in [-0.2, 0) is 4.79 Å². The molecule has 0 heterocycles. The van der Waals surface area contributed by atoms with Crippen molar-refractivity contribution in [1.29, 1.82) is 0 Å². The summed E-state index contributed by atoms with van der Waals surface area (Å²) in [5, 5.41) is 7.72. The Balaban J connectivity index is 0. The molecule has 3 heteroatoms. The first-order valence-corrected chi connectivity index (χ1v) is 1.49. The number of carboxylic acid groups (broad SMARTS) is 1. The predicted octanol–water partition coefficient (Wildman–Crippen LogP) is -0.703. The molecule has 0 fully saturated rings. The van der Waals surface area contributed by atoms with Crippen LogP contribution in [0.4, 0.5) is 0 Å². The molecule has 38 valence electrons. The van der Waals surface area contributed by atoms with E-state index in [1.807, 2.05) is 0 Å². The van der Waals surface area contributed by atoms with Crippen LogP contribution >= 0.6 is 0 Å². The maximum absolute atomic E-state index is 9.37. The number of carbonyl (C=O) groups is 1. The molecule has 0 saturated heterocycles. The summed E-state index contributed by atoms with van der Waals surface area (Å²) in [6.07, 6.45) is 0.222. The van der Waals surface area contributed by atoms with Crippen molar-refractivity contribution in [1.82, 2.24) is 0 Å². The summed E-state index contributed by atoms with van der Waals surface area (Å²) in [6, 6.07) is 0. The van der Waals surface area contributed by atoms with E-state index in [0.29, 0.717) is 0 Å². The van der Waals surface area contributed by atoms with Gasteiger partial charge in [-0.3, -0.25) is 4.79 Å². The molecule has 0 radical (unpaired) electrons. The molecule has 0 aromatic rings. The van der Waals surface area contributed by atoms with Crippen molar-refractivity contribution < 1.29 is 9.90 Å². The van der Waals surface area contributed by atoms with Crippen LogP contribution in [0.15, 0.2) is 0 Å². The van der Waals surface area contributed by atoms with Gasteiger partial charge in [0.1, 0.15) is 0 Å². The quantitative estimate of drug-likeness (QED) is 0.504. The van der Waals surface area contributed by atoms with E-state index in [1.165, 1.54) is 0 Å². The van der Waals surface area contributed by atoms with Crippen molar-refractivity contribution in [3.8, 4) is 0 Å². The minimum absolute atomic E-state index is 0. The molecule has 0 aliphatic heterocycles. The molecule has 1 unspecified atom stereocenters. The third-order valence-electron chi connectivity index (χ3n) is 0.302. The van der Waals surface area contributed by atoms with Crippen LogP contribution in [0.2, 0.25) is 0 Å². The average Bonchev–Trinajstić information content (AvgIpc) is 1.38. The number of hydrogen-bond donors (Lipinski definition) is 1. The van der Waals surface area contributed by atoms with Gasteiger partial charge in [0.05, 0.1) is 0 Å². The van der Waals surface area contributed by atoms with E-state index in [9.17, 15) is 4.79 Å². The van der Waals surface area contributed by atoms with E-state index < -0.39 is 5.97 Å². The van der Waals surface area contributed by atoms with Crippen molar-refractivity contribution in [3.05, 3.63) is 0 Å². The summed E-state index contributed by atoms with van der Waals surface area (Å²) in [5.41, 5.74) is 0. The standard InChI is InChI=1S/C3H6O2.AsH3/c1-2-3(4)5;/h2H2,1H3,(H,4,5);1H3. The summed E-state index contributed by atoms with van der Waals surface area (Å²) in [4.78, 5) is 9.37. The molecule has 6 heavy (non-hydrogen) atoms. The Kier molecular flexibility index (Phi) is 7.87. The van der Waals surface area contributed by atoms with Crippen molar-refractivity contribution >= 4 is 23.9 Å². The molecule has 1 atom stereocenters. The second-order valence-electron chi connectivity index (χ2n) is 0.747. The normalized spacial score (nSPS) is 6.17. The zero-order valence-electron chi connectivity index (χ0n) is 3.77. The van der Waals surface area contributed by atoms with E-state index in [2.05, 4.69) is 0 Å². The van der Waals surface area contributed by atoms with Gasteiger partial charge in [0, 0.05) is 6.42 Å². The molecule has 1 N–H and O–H groups in total. The SMILES string of the molecule is CCC(=O)O.[AsH3]. The summed E-state index contributed by atoms with van der Waals surface area (Å²) >= 11 is 0. The molecule has 0 saturated carbocycles. The molecular formula is C3H9AsO2. The monoisotopic (exact) mass is 152 g/mol. The van der Waals surface area contributed by atoms with E-state index >= 15 is 0 Å². The molecule has 2 nitrogen and oxygen atoms in total. The Morgan fingerprint density at radius 1 is 1.83 bits per heavy atom. The zero-order chi connectivity index (χ0) is 4.28. The van der Waals surface area contributed by atoms with Crippen LogP contribution in [0.3, 0.4) is 0 Å². The van der Waals surface area contributed by atoms with Crippen LogP contribution in [0.25, 0.3) is 0 Å². The first kappa shape index (κ1) is 9.39. The molecule has 0 aliphatic rings. The van der Waals surface area contributed by atoms with Crippen molar-refractivity contribution in [2.45, 2.75) is 13.3 Å². The Labute approximate surface area is 47.9 Å². The number of hydrogen-bond acceptors (Lipinski definition) is 1. The van der Waals surface area contributed by atoms with Gasteiger partial charge in [-0.1, -0.05) is 6.92 Å². The average molecular weight is 152 g/mol. The molecule has 0 aromatic heterocycles. The van der Waals surface area contributed by atoms with Gasteiger partial charge in [-0.15, -0.1) is 0 Å². The van der Waals surface area contributed by atoms with E-state index in [4.69, 9.17) is 5.11 Å². The minimum atomic E-state index is -0.745. The van der Waals surface area contributed by atoms with E-state index in [0.717, 1.165) is 0 Å². The molecule has 0 spiro atoms.